The Morgan fingerprint density at radius 2 is 2.03 bits per heavy atom. The molecule has 2 aliphatic rings. The first-order valence-electron chi connectivity index (χ1n) is 9.94. The molecule has 0 atom stereocenters. The summed E-state index contributed by atoms with van der Waals surface area (Å²) in [6, 6.07) is 2.90. The lowest BCUT2D eigenvalue weighted by Gasteiger charge is -2.27. The summed E-state index contributed by atoms with van der Waals surface area (Å²) >= 11 is 1.69. The van der Waals surface area contributed by atoms with Gasteiger partial charge in [-0.15, -0.1) is 0 Å². The number of hydrogen-bond donors (Lipinski definition) is 3. The van der Waals surface area contributed by atoms with Gasteiger partial charge in [-0.2, -0.15) is 11.8 Å². The number of aromatic nitrogens is 2. The predicted molar refractivity (Wildman–Crippen MR) is 109 cm³/mol. The first-order valence-corrected chi connectivity index (χ1v) is 11.0. The zero-order chi connectivity index (χ0) is 20.4. The molecule has 9 heteroatoms. The van der Waals surface area contributed by atoms with E-state index in [0.717, 1.165) is 38.5 Å². The molecule has 2 saturated carbocycles. The Labute approximate surface area is 171 Å². The lowest BCUT2D eigenvalue weighted by Crippen LogP contribution is -2.37. The van der Waals surface area contributed by atoms with Crippen LogP contribution in [0, 0.1) is 11.7 Å². The number of fused-ring (bicyclic) bond motifs is 1. The van der Waals surface area contributed by atoms with Crippen molar-refractivity contribution in [2.24, 2.45) is 5.92 Å². The summed E-state index contributed by atoms with van der Waals surface area (Å²) in [7, 11) is 0. The van der Waals surface area contributed by atoms with Crippen molar-refractivity contribution in [3.8, 4) is 5.75 Å². The Balaban J connectivity index is 1.41. The fourth-order valence-corrected chi connectivity index (χ4v) is 4.78. The maximum Gasteiger partial charge on any atom is 0.404 e. The van der Waals surface area contributed by atoms with Gasteiger partial charge in [-0.05, 0) is 44.4 Å². The summed E-state index contributed by atoms with van der Waals surface area (Å²) in [4.78, 5) is 30.2. The lowest BCUT2D eigenvalue weighted by molar-refractivity contribution is 0.186. The van der Waals surface area contributed by atoms with Crippen molar-refractivity contribution in [3.05, 3.63) is 34.1 Å². The second-order valence-electron chi connectivity index (χ2n) is 7.80. The van der Waals surface area contributed by atoms with Gasteiger partial charge in [-0.3, -0.25) is 4.79 Å². The lowest BCUT2D eigenvalue weighted by atomic mass is 9.95. The van der Waals surface area contributed by atoms with E-state index in [1.165, 1.54) is 6.07 Å². The molecule has 7 nitrogen and oxygen atoms in total. The molecule has 0 bridgehead atoms. The van der Waals surface area contributed by atoms with Crippen LogP contribution in [0.5, 0.6) is 5.75 Å². The zero-order valence-corrected chi connectivity index (χ0v) is 16.8. The predicted octanol–water partition coefficient (Wildman–Crippen LogP) is 3.66. The molecule has 3 N–H and O–H groups in total. The number of hydrogen-bond acceptors (Lipinski definition) is 5. The van der Waals surface area contributed by atoms with Crippen molar-refractivity contribution >= 4 is 28.8 Å². The second kappa shape index (κ2) is 8.61. The quantitative estimate of drug-likeness (QED) is 0.630. The van der Waals surface area contributed by atoms with Crippen molar-refractivity contribution in [1.29, 1.82) is 0 Å². The van der Waals surface area contributed by atoms with Gasteiger partial charge in [0.05, 0.1) is 17.9 Å². The largest absolute Gasteiger partial charge is 0.493 e. The first kappa shape index (κ1) is 20.0. The highest BCUT2D eigenvalue weighted by Crippen LogP contribution is 2.32. The summed E-state index contributed by atoms with van der Waals surface area (Å²) in [5, 5.41) is 11.7. The number of aromatic amines is 1. The minimum Gasteiger partial charge on any atom is -0.493 e. The Morgan fingerprint density at radius 1 is 1.28 bits per heavy atom. The molecule has 0 aliphatic heterocycles. The van der Waals surface area contributed by atoms with Crippen LogP contribution in [0.2, 0.25) is 0 Å². The van der Waals surface area contributed by atoms with Crippen LogP contribution in [0.15, 0.2) is 16.9 Å². The maximum atomic E-state index is 14.4. The monoisotopic (exact) mass is 421 g/mol. The van der Waals surface area contributed by atoms with Crippen LogP contribution >= 0.6 is 11.8 Å². The molecule has 1 amide bonds. The number of ether oxygens (including phenoxy) is 1. The topological polar surface area (TPSA) is 104 Å². The van der Waals surface area contributed by atoms with Crippen LogP contribution < -0.4 is 15.6 Å². The molecule has 4 rings (SSSR count). The molecule has 29 heavy (non-hydrogen) atoms. The Bertz CT molecular complexity index is 955. The van der Waals surface area contributed by atoms with E-state index in [4.69, 9.17) is 9.84 Å². The van der Waals surface area contributed by atoms with E-state index in [-0.39, 0.29) is 11.4 Å². The van der Waals surface area contributed by atoms with Gasteiger partial charge < -0.3 is 20.1 Å². The molecule has 0 unspecified atom stereocenters. The van der Waals surface area contributed by atoms with Crippen molar-refractivity contribution < 1.29 is 19.0 Å². The minimum absolute atomic E-state index is 0.0139. The van der Waals surface area contributed by atoms with Gasteiger partial charge in [0.2, 0.25) is 0 Å². The zero-order valence-electron chi connectivity index (χ0n) is 15.9. The third-order valence-corrected chi connectivity index (χ3v) is 6.81. The number of nitrogens with one attached hydrogen (secondary N) is 2. The van der Waals surface area contributed by atoms with Gasteiger partial charge in [-0.1, -0.05) is 0 Å². The van der Waals surface area contributed by atoms with E-state index < -0.39 is 17.5 Å². The third-order valence-electron chi connectivity index (χ3n) is 5.42. The van der Waals surface area contributed by atoms with Crippen LogP contribution in [0.1, 0.15) is 44.3 Å². The van der Waals surface area contributed by atoms with Crippen LogP contribution in [0.25, 0.3) is 10.9 Å². The average Bonchev–Trinajstić information content (AvgIpc) is 3.49. The van der Waals surface area contributed by atoms with Crippen molar-refractivity contribution in [1.82, 2.24) is 15.3 Å². The van der Waals surface area contributed by atoms with Crippen molar-refractivity contribution in [2.45, 2.75) is 55.6 Å². The summed E-state index contributed by atoms with van der Waals surface area (Å²) in [6.45, 7) is 0.566. The van der Waals surface area contributed by atoms with Crippen LogP contribution in [0.3, 0.4) is 0 Å². The summed E-state index contributed by atoms with van der Waals surface area (Å²) in [5.74, 6) is 1.36. The number of nitrogens with zero attached hydrogens (tertiary/aromatic N) is 1. The number of halogens is 1. The van der Waals surface area contributed by atoms with E-state index in [0.29, 0.717) is 40.6 Å². The van der Waals surface area contributed by atoms with E-state index in [1.807, 2.05) is 0 Å². The number of benzene rings is 1. The second-order valence-corrected chi connectivity index (χ2v) is 9.09. The molecule has 0 saturated heterocycles. The number of carbonyl (C=O) groups is 1. The van der Waals surface area contributed by atoms with Gasteiger partial charge in [0, 0.05) is 23.4 Å². The number of carboxylic acid groups (broad SMARTS) is 1. The summed E-state index contributed by atoms with van der Waals surface area (Å²) in [6.07, 6.45) is 4.72. The van der Waals surface area contributed by atoms with Gasteiger partial charge in [-0.25, -0.2) is 14.2 Å². The molecule has 156 valence electrons. The SMILES string of the molecule is O=C(O)N[C@H]1CC[C@H](SCc2nc3cc(OCC4CC4)cc(F)c3c(=O)[nH]2)CC1. The molecule has 2 aromatic rings. The van der Waals surface area contributed by atoms with Crippen LogP contribution in [-0.2, 0) is 5.75 Å². The number of rotatable bonds is 7. The molecule has 2 fully saturated rings. The number of thioether (sulfide) groups is 1. The van der Waals surface area contributed by atoms with Crippen molar-refractivity contribution in [2.75, 3.05) is 6.61 Å². The highest BCUT2D eigenvalue weighted by Gasteiger charge is 2.24. The third kappa shape index (κ3) is 5.20. The number of amides is 1. The first-order chi connectivity index (χ1) is 14.0. The fraction of sp³-hybridized carbons (Fsp3) is 0.550. The summed E-state index contributed by atoms with van der Waals surface area (Å²) < 4.78 is 20.0. The van der Waals surface area contributed by atoms with Crippen LogP contribution in [-0.4, -0.2) is 39.1 Å². The molecule has 0 spiro atoms. The molecular formula is C20H24FN3O4S. The summed E-state index contributed by atoms with van der Waals surface area (Å²) in [5.41, 5.74) is -0.171. The number of H-pyrrole nitrogens is 1. The molecule has 2 aliphatic carbocycles. The Morgan fingerprint density at radius 3 is 2.72 bits per heavy atom. The van der Waals surface area contributed by atoms with E-state index in [1.54, 1.807) is 17.8 Å². The Kier molecular flexibility index (Phi) is 5.94. The normalized spacial score (nSPS) is 21.8. The maximum absolute atomic E-state index is 14.4. The van der Waals surface area contributed by atoms with Gasteiger partial charge in [0.1, 0.15) is 22.8 Å². The van der Waals surface area contributed by atoms with E-state index in [2.05, 4.69) is 15.3 Å². The smallest absolute Gasteiger partial charge is 0.404 e. The molecular weight excluding hydrogens is 397 g/mol. The molecule has 1 aromatic heterocycles. The van der Waals surface area contributed by atoms with E-state index >= 15 is 0 Å². The van der Waals surface area contributed by atoms with Crippen molar-refractivity contribution in [3.63, 3.8) is 0 Å². The van der Waals surface area contributed by atoms with Gasteiger partial charge in [0.15, 0.2) is 0 Å². The van der Waals surface area contributed by atoms with E-state index in [9.17, 15) is 14.0 Å². The average molecular weight is 421 g/mol. The standard InChI is InChI=1S/C20H24FN3O4S/c21-15-7-13(28-9-11-1-2-11)8-16-18(15)19(25)24-17(23-16)10-29-14-5-3-12(4-6-14)22-20(26)27/h7-8,11-12,14,22H,1-6,9-10H2,(H,26,27)(H,23,24,25)/t12-,14-. The van der Waals surface area contributed by atoms with Crippen LogP contribution in [0.4, 0.5) is 9.18 Å². The minimum atomic E-state index is -0.980. The van der Waals surface area contributed by atoms with Gasteiger partial charge >= 0.3 is 6.09 Å². The fourth-order valence-electron chi connectivity index (χ4n) is 3.64. The molecule has 0 radical (unpaired) electrons. The Hall–Kier alpha value is -2.29. The highest BCUT2D eigenvalue weighted by molar-refractivity contribution is 7.99. The molecule has 1 heterocycles. The van der Waals surface area contributed by atoms with Gasteiger partial charge in [0.25, 0.3) is 5.56 Å². The highest BCUT2D eigenvalue weighted by atomic mass is 32.2. The molecule has 1 aromatic carbocycles.